The fourth-order valence-corrected chi connectivity index (χ4v) is 2.56. The minimum atomic E-state index is 0.237. The zero-order chi connectivity index (χ0) is 13.7. The van der Waals surface area contributed by atoms with Crippen LogP contribution in [0.2, 0.25) is 0 Å². The zero-order valence-corrected chi connectivity index (χ0v) is 12.3. The van der Waals surface area contributed by atoms with Gasteiger partial charge >= 0.3 is 0 Å². The molecule has 1 unspecified atom stereocenters. The van der Waals surface area contributed by atoms with Gasteiger partial charge in [0.2, 0.25) is 0 Å². The van der Waals surface area contributed by atoms with E-state index in [1.54, 1.807) is 0 Å². The molecule has 2 heterocycles. The van der Waals surface area contributed by atoms with Gasteiger partial charge in [-0.25, -0.2) is 0 Å². The molecule has 0 aromatic carbocycles. The van der Waals surface area contributed by atoms with Crippen LogP contribution >= 0.6 is 0 Å². The Balaban J connectivity index is 2.27. The van der Waals surface area contributed by atoms with Gasteiger partial charge in [0, 0.05) is 6.54 Å². The minimum absolute atomic E-state index is 0.237. The first-order valence-corrected chi connectivity index (χ1v) is 7.34. The monoisotopic (exact) mass is 263 g/mol. The van der Waals surface area contributed by atoms with Gasteiger partial charge in [-0.05, 0) is 51.3 Å². The zero-order valence-electron chi connectivity index (χ0n) is 12.3. The second-order valence-electron chi connectivity index (χ2n) is 5.08. The third-order valence-corrected chi connectivity index (χ3v) is 3.46. The molecule has 4 nitrogen and oxygen atoms in total. The fourth-order valence-electron chi connectivity index (χ4n) is 2.56. The Hall–Kier alpha value is -1.29. The van der Waals surface area contributed by atoms with E-state index in [9.17, 15) is 0 Å². The Labute approximate surface area is 115 Å². The summed E-state index contributed by atoms with van der Waals surface area (Å²) in [6.45, 7) is 9.14. The van der Waals surface area contributed by atoms with Crippen LogP contribution in [0.5, 0.6) is 0 Å². The van der Waals surface area contributed by atoms with Crippen LogP contribution in [0.1, 0.15) is 50.5 Å². The first-order chi connectivity index (χ1) is 9.26. The number of aryl methyl sites for hydroxylation is 2. The van der Waals surface area contributed by atoms with Crippen molar-refractivity contribution in [2.75, 3.05) is 13.2 Å². The second-order valence-corrected chi connectivity index (χ2v) is 5.08. The number of rotatable bonds is 6. The molecule has 0 bridgehead atoms. The largest absolute Gasteiger partial charge is 0.501 e. The van der Waals surface area contributed by atoms with E-state index >= 15 is 0 Å². The average Bonchev–Trinajstić information content (AvgIpc) is 2.81. The van der Waals surface area contributed by atoms with Crippen molar-refractivity contribution in [3.63, 3.8) is 0 Å². The van der Waals surface area contributed by atoms with Crippen LogP contribution in [0.25, 0.3) is 0 Å². The topological polar surface area (TPSA) is 39.1 Å². The highest BCUT2D eigenvalue weighted by Crippen LogP contribution is 2.28. The lowest BCUT2D eigenvalue weighted by atomic mass is 9.98. The summed E-state index contributed by atoms with van der Waals surface area (Å²) in [6.07, 6.45) is 5.29. The highest BCUT2D eigenvalue weighted by molar-refractivity contribution is 5.24. The standard InChI is InChI=1S/C15H25N3O/c1-4-8-16-15(13-7-6-9-19-11-13)14-10-12(3)17-18(14)5-2/h10-11,15-16H,4-9H2,1-3H3. The van der Waals surface area contributed by atoms with Gasteiger partial charge in [0.05, 0.1) is 30.3 Å². The van der Waals surface area contributed by atoms with E-state index in [-0.39, 0.29) is 6.04 Å². The van der Waals surface area contributed by atoms with Crippen LogP contribution in [0, 0.1) is 6.92 Å². The lowest BCUT2D eigenvalue weighted by molar-refractivity contribution is 0.218. The van der Waals surface area contributed by atoms with Crippen molar-refractivity contribution in [3.8, 4) is 0 Å². The van der Waals surface area contributed by atoms with E-state index in [2.05, 4.69) is 41.9 Å². The SMILES string of the molecule is CCCNC(C1=COCCC1)c1cc(C)nn1CC. The van der Waals surface area contributed by atoms with Crippen LogP contribution < -0.4 is 5.32 Å². The normalized spacial score (nSPS) is 16.9. The van der Waals surface area contributed by atoms with E-state index in [4.69, 9.17) is 4.74 Å². The van der Waals surface area contributed by atoms with E-state index in [1.807, 2.05) is 6.26 Å². The number of nitrogens with one attached hydrogen (secondary N) is 1. The van der Waals surface area contributed by atoms with Crippen LogP contribution in [0.3, 0.4) is 0 Å². The molecule has 1 aromatic rings. The molecule has 19 heavy (non-hydrogen) atoms. The summed E-state index contributed by atoms with van der Waals surface area (Å²) < 4.78 is 7.61. The summed E-state index contributed by atoms with van der Waals surface area (Å²) in [5.74, 6) is 0. The Morgan fingerprint density at radius 1 is 1.47 bits per heavy atom. The molecule has 0 spiro atoms. The van der Waals surface area contributed by atoms with E-state index in [1.165, 1.54) is 11.3 Å². The van der Waals surface area contributed by atoms with Gasteiger partial charge in [0.15, 0.2) is 0 Å². The molecule has 0 aliphatic carbocycles. The van der Waals surface area contributed by atoms with Crippen molar-refractivity contribution in [2.45, 2.75) is 52.6 Å². The molecule has 2 rings (SSSR count). The van der Waals surface area contributed by atoms with Gasteiger partial charge in [-0.2, -0.15) is 5.10 Å². The molecule has 1 N–H and O–H groups in total. The molecule has 4 heteroatoms. The van der Waals surface area contributed by atoms with Crippen molar-refractivity contribution in [3.05, 3.63) is 29.3 Å². The number of aromatic nitrogens is 2. The number of nitrogens with zero attached hydrogens (tertiary/aromatic N) is 2. The Morgan fingerprint density at radius 2 is 2.32 bits per heavy atom. The van der Waals surface area contributed by atoms with Crippen molar-refractivity contribution in [1.82, 2.24) is 15.1 Å². The maximum Gasteiger partial charge on any atom is 0.0876 e. The Bertz CT molecular complexity index is 437. The molecule has 106 valence electrons. The molecule has 1 aromatic heterocycles. The molecule has 0 amide bonds. The number of hydrogen-bond acceptors (Lipinski definition) is 3. The Morgan fingerprint density at radius 3 is 2.95 bits per heavy atom. The van der Waals surface area contributed by atoms with Crippen molar-refractivity contribution in [2.24, 2.45) is 0 Å². The van der Waals surface area contributed by atoms with Crippen molar-refractivity contribution in [1.29, 1.82) is 0 Å². The first kappa shape index (κ1) is 14.1. The van der Waals surface area contributed by atoms with Crippen molar-refractivity contribution >= 4 is 0 Å². The van der Waals surface area contributed by atoms with Gasteiger partial charge in [-0.15, -0.1) is 0 Å². The lowest BCUT2D eigenvalue weighted by Gasteiger charge is -2.25. The lowest BCUT2D eigenvalue weighted by Crippen LogP contribution is -2.27. The third kappa shape index (κ3) is 3.38. The Kier molecular flexibility index (Phi) is 5.02. The van der Waals surface area contributed by atoms with E-state index < -0.39 is 0 Å². The maximum absolute atomic E-state index is 5.51. The molecule has 1 aliphatic rings. The van der Waals surface area contributed by atoms with Crippen molar-refractivity contribution < 1.29 is 4.74 Å². The molecule has 1 atom stereocenters. The van der Waals surface area contributed by atoms with Gasteiger partial charge in [0.1, 0.15) is 0 Å². The highest BCUT2D eigenvalue weighted by atomic mass is 16.5. The summed E-state index contributed by atoms with van der Waals surface area (Å²) in [5, 5.41) is 8.20. The van der Waals surface area contributed by atoms with Gasteiger partial charge < -0.3 is 10.1 Å². The van der Waals surface area contributed by atoms with E-state index in [0.29, 0.717) is 0 Å². The van der Waals surface area contributed by atoms with Gasteiger partial charge in [-0.1, -0.05) is 6.92 Å². The van der Waals surface area contributed by atoms with Crippen LogP contribution in [-0.4, -0.2) is 22.9 Å². The minimum Gasteiger partial charge on any atom is -0.501 e. The van der Waals surface area contributed by atoms with Gasteiger partial charge in [-0.3, -0.25) is 4.68 Å². The van der Waals surface area contributed by atoms with Crippen LogP contribution in [0.15, 0.2) is 17.9 Å². The quantitative estimate of drug-likeness (QED) is 0.857. The van der Waals surface area contributed by atoms with Crippen LogP contribution in [0.4, 0.5) is 0 Å². The maximum atomic E-state index is 5.51. The summed E-state index contributed by atoms with van der Waals surface area (Å²) in [4.78, 5) is 0. The molecule has 1 aliphatic heterocycles. The molecule has 0 radical (unpaired) electrons. The summed E-state index contributed by atoms with van der Waals surface area (Å²) in [6, 6.07) is 2.42. The highest BCUT2D eigenvalue weighted by Gasteiger charge is 2.22. The molecular weight excluding hydrogens is 238 g/mol. The summed E-state index contributed by atoms with van der Waals surface area (Å²) in [7, 11) is 0. The summed E-state index contributed by atoms with van der Waals surface area (Å²) in [5.41, 5.74) is 3.68. The molecular formula is C15H25N3O. The predicted molar refractivity (Wildman–Crippen MR) is 76.9 cm³/mol. The van der Waals surface area contributed by atoms with Gasteiger partial charge in [0.25, 0.3) is 0 Å². The third-order valence-electron chi connectivity index (χ3n) is 3.46. The fraction of sp³-hybridized carbons (Fsp3) is 0.667. The smallest absolute Gasteiger partial charge is 0.0876 e. The second kappa shape index (κ2) is 6.75. The average molecular weight is 263 g/mol. The van der Waals surface area contributed by atoms with Crippen LogP contribution in [-0.2, 0) is 11.3 Å². The number of hydrogen-bond donors (Lipinski definition) is 1. The molecule has 0 fully saturated rings. The first-order valence-electron chi connectivity index (χ1n) is 7.34. The number of ether oxygens (including phenoxy) is 1. The van der Waals surface area contributed by atoms with E-state index in [0.717, 1.165) is 44.7 Å². The molecule has 0 saturated heterocycles. The molecule has 0 saturated carbocycles. The summed E-state index contributed by atoms with van der Waals surface area (Å²) >= 11 is 0. The predicted octanol–water partition coefficient (Wildman–Crippen LogP) is 2.95.